The first-order valence-corrected chi connectivity index (χ1v) is 20.4. The van der Waals surface area contributed by atoms with Crippen LogP contribution in [0.25, 0.3) is 108 Å². The second-order valence-corrected chi connectivity index (χ2v) is 17.0. The van der Waals surface area contributed by atoms with Gasteiger partial charge in [-0.3, -0.25) is 0 Å². The first kappa shape index (κ1) is 31.8. The molecule has 11 aromatic rings. The van der Waals surface area contributed by atoms with Crippen molar-refractivity contribution in [2.75, 3.05) is 0 Å². The lowest BCUT2D eigenvalue weighted by atomic mass is 9.81. The second kappa shape index (κ2) is 11.7. The summed E-state index contributed by atoms with van der Waals surface area (Å²) in [5.41, 5.74) is 13.1. The molecule has 0 radical (unpaired) electrons. The van der Waals surface area contributed by atoms with Crippen molar-refractivity contribution in [2.45, 2.75) is 19.3 Å². The van der Waals surface area contributed by atoms with E-state index in [0.29, 0.717) is 0 Å². The molecule has 0 amide bonds. The van der Waals surface area contributed by atoms with Gasteiger partial charge in [0.25, 0.3) is 0 Å². The van der Waals surface area contributed by atoms with E-state index >= 15 is 0 Å². The number of thiophene rings is 1. The fourth-order valence-corrected chi connectivity index (χ4v) is 11.3. The Bertz CT molecular complexity index is 3380. The summed E-state index contributed by atoms with van der Waals surface area (Å²) in [7, 11) is 0. The molecule has 1 heterocycles. The largest absolute Gasteiger partial charge is 0.135 e. The molecule has 1 aliphatic rings. The standard InChI is InChI=1S/C55H36S/c1-55(2)49-29-25-35(30-46(49)47-31-48-45-26-24-33-14-6-7-17-37(33)54(45)56-51(48)32-50(47)55)36-27-28-44(39-19-9-8-18-38(36)39)53-42-22-12-10-20-40(42)52(34-15-4-3-5-16-34)41-21-11-13-23-43(41)53/h3-32H,1-2H3. The SMILES string of the molecule is CC1(C)c2ccc(-c3ccc(-c4c5ccccc5c(-c5ccccc5)c5ccccc45)c4ccccc34)cc2-c2cc3c(cc21)sc1c2ccccc2ccc31. The third-order valence-corrected chi connectivity index (χ3v) is 13.9. The van der Waals surface area contributed by atoms with Crippen LogP contribution in [-0.2, 0) is 5.41 Å². The van der Waals surface area contributed by atoms with Crippen molar-refractivity contribution in [2.24, 2.45) is 0 Å². The van der Waals surface area contributed by atoms with Crippen LogP contribution in [0, 0.1) is 0 Å². The Labute approximate surface area is 329 Å². The van der Waals surface area contributed by atoms with Crippen LogP contribution in [0.15, 0.2) is 182 Å². The van der Waals surface area contributed by atoms with Gasteiger partial charge in [-0.1, -0.05) is 178 Å². The summed E-state index contributed by atoms with van der Waals surface area (Å²) in [4.78, 5) is 0. The van der Waals surface area contributed by atoms with Gasteiger partial charge < -0.3 is 0 Å². The highest BCUT2D eigenvalue weighted by Crippen LogP contribution is 2.53. The summed E-state index contributed by atoms with van der Waals surface area (Å²) < 4.78 is 2.75. The second-order valence-electron chi connectivity index (χ2n) is 16.0. The van der Waals surface area contributed by atoms with E-state index in [9.17, 15) is 0 Å². The molecule has 56 heavy (non-hydrogen) atoms. The minimum absolute atomic E-state index is 0.0877. The van der Waals surface area contributed by atoms with Crippen molar-refractivity contribution in [3.05, 3.63) is 193 Å². The maximum Gasteiger partial charge on any atom is 0.0433 e. The van der Waals surface area contributed by atoms with Gasteiger partial charge in [-0.25, -0.2) is 0 Å². The molecular formula is C55H36S. The average molecular weight is 729 g/mol. The molecule has 0 N–H and O–H groups in total. The van der Waals surface area contributed by atoms with E-state index in [1.54, 1.807) is 0 Å². The smallest absolute Gasteiger partial charge is 0.0433 e. The zero-order valence-electron chi connectivity index (χ0n) is 31.2. The summed E-state index contributed by atoms with van der Waals surface area (Å²) >= 11 is 1.94. The Morgan fingerprint density at radius 2 is 0.911 bits per heavy atom. The van der Waals surface area contributed by atoms with E-state index in [4.69, 9.17) is 0 Å². The predicted molar refractivity (Wildman–Crippen MR) is 243 cm³/mol. The molecule has 0 atom stereocenters. The third-order valence-electron chi connectivity index (χ3n) is 12.7. The highest BCUT2D eigenvalue weighted by atomic mass is 32.1. The van der Waals surface area contributed by atoms with Crippen molar-refractivity contribution in [3.63, 3.8) is 0 Å². The van der Waals surface area contributed by atoms with Gasteiger partial charge in [-0.2, -0.15) is 0 Å². The number of hydrogen-bond acceptors (Lipinski definition) is 1. The number of rotatable bonds is 3. The fraction of sp³-hybridized carbons (Fsp3) is 0.0545. The molecule has 0 fully saturated rings. The highest BCUT2D eigenvalue weighted by Gasteiger charge is 2.36. The topological polar surface area (TPSA) is 0 Å². The van der Waals surface area contributed by atoms with Crippen LogP contribution < -0.4 is 0 Å². The molecule has 0 aliphatic heterocycles. The quantitative estimate of drug-likeness (QED) is 0.159. The highest BCUT2D eigenvalue weighted by molar-refractivity contribution is 7.26. The van der Waals surface area contributed by atoms with Gasteiger partial charge in [0.15, 0.2) is 0 Å². The van der Waals surface area contributed by atoms with Crippen LogP contribution in [0.3, 0.4) is 0 Å². The van der Waals surface area contributed by atoms with Crippen molar-refractivity contribution in [1.29, 1.82) is 0 Å². The van der Waals surface area contributed by atoms with E-state index in [2.05, 4.69) is 196 Å². The minimum Gasteiger partial charge on any atom is -0.135 e. The summed E-state index contributed by atoms with van der Waals surface area (Å²) in [6.07, 6.45) is 0. The van der Waals surface area contributed by atoms with Crippen LogP contribution in [0.4, 0.5) is 0 Å². The number of hydrogen-bond donors (Lipinski definition) is 0. The predicted octanol–water partition coefficient (Wildman–Crippen LogP) is 16.0. The summed E-state index contributed by atoms with van der Waals surface area (Å²) in [5, 5.41) is 13.0. The molecule has 12 rings (SSSR count). The van der Waals surface area contributed by atoms with Crippen LogP contribution in [-0.4, -0.2) is 0 Å². The Hall–Kier alpha value is -6.54. The molecule has 10 aromatic carbocycles. The van der Waals surface area contributed by atoms with Gasteiger partial charge in [0.2, 0.25) is 0 Å². The molecular weight excluding hydrogens is 693 g/mol. The zero-order chi connectivity index (χ0) is 37.1. The summed E-state index contributed by atoms with van der Waals surface area (Å²) in [6, 6.07) is 68.2. The molecule has 0 saturated heterocycles. The van der Waals surface area contributed by atoms with Crippen molar-refractivity contribution >= 4 is 74.6 Å². The van der Waals surface area contributed by atoms with Crippen molar-refractivity contribution in [1.82, 2.24) is 0 Å². The number of fused-ring (bicyclic) bond motifs is 11. The molecule has 1 aromatic heterocycles. The summed E-state index contributed by atoms with van der Waals surface area (Å²) in [5.74, 6) is 0. The van der Waals surface area contributed by atoms with Crippen LogP contribution in [0.2, 0.25) is 0 Å². The van der Waals surface area contributed by atoms with E-state index in [1.807, 2.05) is 11.3 Å². The molecule has 1 heteroatoms. The molecule has 1 aliphatic carbocycles. The maximum absolute atomic E-state index is 2.49. The first-order valence-electron chi connectivity index (χ1n) is 19.6. The molecule has 0 unspecified atom stereocenters. The van der Waals surface area contributed by atoms with Gasteiger partial charge >= 0.3 is 0 Å². The van der Waals surface area contributed by atoms with Gasteiger partial charge in [0.05, 0.1) is 0 Å². The fourth-order valence-electron chi connectivity index (χ4n) is 10.0. The van der Waals surface area contributed by atoms with Crippen molar-refractivity contribution in [3.8, 4) is 44.5 Å². The van der Waals surface area contributed by atoms with Crippen LogP contribution >= 0.6 is 11.3 Å². The first-order chi connectivity index (χ1) is 27.5. The third kappa shape index (κ3) is 4.41. The Morgan fingerprint density at radius 1 is 0.339 bits per heavy atom. The van der Waals surface area contributed by atoms with E-state index in [0.717, 1.165) is 0 Å². The Balaban J connectivity index is 1.06. The minimum atomic E-state index is -0.0877. The molecule has 0 nitrogen and oxygen atoms in total. The van der Waals surface area contributed by atoms with Gasteiger partial charge in [0, 0.05) is 25.6 Å². The molecule has 0 saturated carbocycles. The number of benzene rings is 10. The van der Waals surface area contributed by atoms with Crippen LogP contribution in [0.1, 0.15) is 25.0 Å². The van der Waals surface area contributed by atoms with Crippen molar-refractivity contribution < 1.29 is 0 Å². The Morgan fingerprint density at radius 3 is 1.62 bits per heavy atom. The lowest BCUT2D eigenvalue weighted by molar-refractivity contribution is 0.661. The lowest BCUT2D eigenvalue weighted by Crippen LogP contribution is -2.14. The molecule has 0 bridgehead atoms. The van der Waals surface area contributed by atoms with Gasteiger partial charge in [-0.05, 0) is 117 Å². The van der Waals surface area contributed by atoms with Gasteiger partial charge in [0.1, 0.15) is 0 Å². The zero-order valence-corrected chi connectivity index (χ0v) is 32.0. The van der Waals surface area contributed by atoms with Crippen LogP contribution in [0.5, 0.6) is 0 Å². The normalized spacial score (nSPS) is 13.3. The van der Waals surface area contributed by atoms with E-state index in [1.165, 1.54) is 119 Å². The average Bonchev–Trinajstić information content (AvgIpc) is 3.73. The summed E-state index contributed by atoms with van der Waals surface area (Å²) in [6.45, 7) is 4.79. The maximum atomic E-state index is 2.49. The lowest BCUT2D eigenvalue weighted by Gasteiger charge is -2.22. The molecule has 0 spiro atoms. The van der Waals surface area contributed by atoms with E-state index < -0.39 is 0 Å². The monoisotopic (exact) mass is 728 g/mol. The Kier molecular flexibility index (Phi) is 6.66. The van der Waals surface area contributed by atoms with Gasteiger partial charge in [-0.15, -0.1) is 11.3 Å². The van der Waals surface area contributed by atoms with E-state index in [-0.39, 0.29) is 5.41 Å². The molecule has 262 valence electrons.